The average Bonchev–Trinajstić information content (AvgIpc) is 1.95. The second kappa shape index (κ2) is 4.99. The summed E-state index contributed by atoms with van der Waals surface area (Å²) in [5, 5.41) is 16.6. The Morgan fingerprint density at radius 3 is 2.33 bits per heavy atom. The first-order valence-corrected chi connectivity index (χ1v) is 3.54. The van der Waals surface area contributed by atoms with Crippen LogP contribution in [-0.2, 0) is 0 Å². The monoisotopic (exact) mass is 181 g/mol. The van der Waals surface area contributed by atoms with E-state index in [1.54, 1.807) is 6.07 Å². The standard InChI is InChI=1S/C7H10F3NO/c8-7(9,10)4-6(5-12)2-1-3-11/h6,12H,1-2,4-5H2/t6-/m0/s1. The van der Waals surface area contributed by atoms with Gasteiger partial charge in [0.05, 0.1) is 6.07 Å². The Bertz CT molecular complexity index is 161. The van der Waals surface area contributed by atoms with Crippen LogP contribution >= 0.6 is 0 Å². The number of hydrogen-bond acceptors (Lipinski definition) is 2. The first-order valence-electron chi connectivity index (χ1n) is 3.54. The van der Waals surface area contributed by atoms with Crippen LogP contribution in [0.1, 0.15) is 19.3 Å². The number of aliphatic hydroxyl groups excluding tert-OH is 1. The molecule has 0 heterocycles. The Labute approximate surface area is 68.6 Å². The maximum Gasteiger partial charge on any atom is 0.389 e. The minimum Gasteiger partial charge on any atom is -0.396 e. The van der Waals surface area contributed by atoms with Crippen molar-refractivity contribution in [2.24, 2.45) is 5.92 Å². The van der Waals surface area contributed by atoms with Crippen molar-refractivity contribution in [2.75, 3.05) is 6.61 Å². The lowest BCUT2D eigenvalue weighted by molar-refractivity contribution is -0.147. The molecular formula is C7H10F3NO. The lowest BCUT2D eigenvalue weighted by Gasteiger charge is -2.14. The SMILES string of the molecule is N#CCC[C@H](CO)CC(F)(F)F. The maximum atomic E-state index is 11.7. The van der Waals surface area contributed by atoms with Gasteiger partial charge in [0.1, 0.15) is 0 Å². The third-order valence-corrected chi connectivity index (χ3v) is 1.44. The molecule has 0 aromatic carbocycles. The molecule has 0 spiro atoms. The van der Waals surface area contributed by atoms with Crippen molar-refractivity contribution in [3.8, 4) is 6.07 Å². The van der Waals surface area contributed by atoms with Gasteiger partial charge >= 0.3 is 6.18 Å². The zero-order valence-corrected chi connectivity index (χ0v) is 6.43. The van der Waals surface area contributed by atoms with E-state index in [1.807, 2.05) is 0 Å². The molecule has 0 rings (SSSR count). The van der Waals surface area contributed by atoms with Gasteiger partial charge in [0.25, 0.3) is 0 Å². The topological polar surface area (TPSA) is 44.0 Å². The van der Waals surface area contributed by atoms with Crippen LogP contribution in [0.25, 0.3) is 0 Å². The predicted molar refractivity (Wildman–Crippen MR) is 36.1 cm³/mol. The van der Waals surface area contributed by atoms with Gasteiger partial charge in [-0.15, -0.1) is 0 Å². The highest BCUT2D eigenvalue weighted by Gasteiger charge is 2.31. The van der Waals surface area contributed by atoms with Crippen LogP contribution in [0.4, 0.5) is 13.2 Å². The molecule has 0 aromatic heterocycles. The fourth-order valence-electron chi connectivity index (χ4n) is 0.854. The molecule has 0 saturated carbocycles. The number of alkyl halides is 3. The summed E-state index contributed by atoms with van der Waals surface area (Å²) in [7, 11) is 0. The van der Waals surface area contributed by atoms with Crippen molar-refractivity contribution >= 4 is 0 Å². The Morgan fingerprint density at radius 1 is 1.42 bits per heavy atom. The molecule has 0 unspecified atom stereocenters. The number of nitriles is 1. The molecule has 0 saturated heterocycles. The first kappa shape index (κ1) is 11.2. The zero-order valence-electron chi connectivity index (χ0n) is 6.43. The molecule has 1 atom stereocenters. The van der Waals surface area contributed by atoms with Crippen LogP contribution in [0.5, 0.6) is 0 Å². The van der Waals surface area contributed by atoms with E-state index in [2.05, 4.69) is 0 Å². The molecule has 0 bridgehead atoms. The largest absolute Gasteiger partial charge is 0.396 e. The third-order valence-electron chi connectivity index (χ3n) is 1.44. The summed E-state index contributed by atoms with van der Waals surface area (Å²) in [5.41, 5.74) is 0. The Balaban J connectivity index is 3.77. The minimum atomic E-state index is -4.25. The summed E-state index contributed by atoms with van der Waals surface area (Å²) in [6.07, 6.45) is -5.10. The molecule has 0 aliphatic heterocycles. The summed E-state index contributed by atoms with van der Waals surface area (Å²) in [5.74, 6) is -0.829. The molecule has 0 aromatic rings. The normalized spacial score (nSPS) is 13.9. The molecular weight excluding hydrogens is 171 g/mol. The number of rotatable bonds is 4. The van der Waals surface area contributed by atoms with Gasteiger partial charge in [0.15, 0.2) is 0 Å². The van der Waals surface area contributed by atoms with Crippen molar-refractivity contribution in [1.82, 2.24) is 0 Å². The zero-order chi connectivity index (χ0) is 9.61. The van der Waals surface area contributed by atoms with Crippen molar-refractivity contribution in [1.29, 1.82) is 5.26 Å². The number of aliphatic hydroxyl groups is 1. The van der Waals surface area contributed by atoms with Crippen molar-refractivity contribution in [2.45, 2.75) is 25.4 Å². The predicted octanol–water partition coefficient (Wildman–Crippen LogP) is 1.85. The van der Waals surface area contributed by atoms with Crippen LogP contribution in [0, 0.1) is 17.2 Å². The van der Waals surface area contributed by atoms with E-state index in [0.29, 0.717) is 0 Å². The van der Waals surface area contributed by atoms with E-state index >= 15 is 0 Å². The van der Waals surface area contributed by atoms with Gasteiger partial charge in [-0.1, -0.05) is 0 Å². The van der Waals surface area contributed by atoms with Gasteiger partial charge in [0, 0.05) is 19.4 Å². The second-order valence-electron chi connectivity index (χ2n) is 2.56. The first-order chi connectivity index (χ1) is 5.49. The van der Waals surface area contributed by atoms with Gasteiger partial charge in [-0.25, -0.2) is 0 Å². The van der Waals surface area contributed by atoms with Gasteiger partial charge in [0.2, 0.25) is 0 Å². The molecule has 70 valence electrons. The smallest absolute Gasteiger partial charge is 0.389 e. The highest BCUT2D eigenvalue weighted by Crippen LogP contribution is 2.26. The van der Waals surface area contributed by atoms with Crippen molar-refractivity contribution in [3.05, 3.63) is 0 Å². The van der Waals surface area contributed by atoms with Crippen LogP contribution in [0.15, 0.2) is 0 Å². The summed E-state index contributed by atoms with van der Waals surface area (Å²) in [4.78, 5) is 0. The minimum absolute atomic E-state index is 0.0569. The Kier molecular flexibility index (Phi) is 4.67. The van der Waals surface area contributed by atoms with E-state index in [4.69, 9.17) is 10.4 Å². The van der Waals surface area contributed by atoms with Crippen LogP contribution in [0.3, 0.4) is 0 Å². The van der Waals surface area contributed by atoms with Gasteiger partial charge in [-0.3, -0.25) is 0 Å². The molecule has 12 heavy (non-hydrogen) atoms. The summed E-state index contributed by atoms with van der Waals surface area (Å²) in [6.45, 7) is -0.513. The van der Waals surface area contributed by atoms with E-state index in [-0.39, 0.29) is 12.8 Å². The van der Waals surface area contributed by atoms with Crippen molar-refractivity contribution in [3.63, 3.8) is 0 Å². The highest BCUT2D eigenvalue weighted by molar-refractivity contribution is 4.73. The second-order valence-corrected chi connectivity index (χ2v) is 2.56. The van der Waals surface area contributed by atoms with Gasteiger partial charge < -0.3 is 5.11 Å². The molecule has 0 radical (unpaired) electrons. The maximum absolute atomic E-state index is 11.7. The fraction of sp³-hybridized carbons (Fsp3) is 0.857. The van der Waals surface area contributed by atoms with Crippen LogP contribution < -0.4 is 0 Å². The molecule has 0 amide bonds. The average molecular weight is 181 g/mol. The van der Waals surface area contributed by atoms with Crippen molar-refractivity contribution < 1.29 is 18.3 Å². The lowest BCUT2D eigenvalue weighted by atomic mass is 10.0. The summed E-state index contributed by atoms with van der Waals surface area (Å²) < 4.78 is 35.2. The molecule has 5 heteroatoms. The number of hydrogen-bond donors (Lipinski definition) is 1. The number of nitrogens with zero attached hydrogens (tertiary/aromatic N) is 1. The molecule has 0 aliphatic carbocycles. The molecule has 0 aliphatic rings. The quantitative estimate of drug-likeness (QED) is 0.719. The Hall–Kier alpha value is -0.760. The fourth-order valence-corrected chi connectivity index (χ4v) is 0.854. The summed E-state index contributed by atoms with van der Waals surface area (Å²) >= 11 is 0. The third kappa shape index (κ3) is 5.98. The summed E-state index contributed by atoms with van der Waals surface area (Å²) in [6, 6.07) is 1.74. The molecule has 1 N–H and O–H groups in total. The van der Waals surface area contributed by atoms with Gasteiger partial charge in [-0.05, 0) is 12.3 Å². The van der Waals surface area contributed by atoms with E-state index < -0.39 is 25.1 Å². The molecule has 2 nitrogen and oxygen atoms in total. The van der Waals surface area contributed by atoms with E-state index in [9.17, 15) is 13.2 Å². The highest BCUT2D eigenvalue weighted by atomic mass is 19.4. The lowest BCUT2D eigenvalue weighted by Crippen LogP contribution is -2.17. The molecule has 0 fully saturated rings. The Morgan fingerprint density at radius 2 is 2.00 bits per heavy atom. The van der Waals surface area contributed by atoms with Crippen LogP contribution in [-0.4, -0.2) is 17.9 Å². The van der Waals surface area contributed by atoms with Gasteiger partial charge in [-0.2, -0.15) is 18.4 Å². The van der Waals surface area contributed by atoms with E-state index in [1.165, 1.54) is 0 Å². The number of halogens is 3. The van der Waals surface area contributed by atoms with Crippen LogP contribution in [0.2, 0.25) is 0 Å². The van der Waals surface area contributed by atoms with E-state index in [0.717, 1.165) is 0 Å².